The van der Waals surface area contributed by atoms with Gasteiger partial charge in [0.05, 0.1) is 22.8 Å². The molecule has 1 aromatic carbocycles. The first-order chi connectivity index (χ1) is 7.56. The average molecular weight is 281 g/mol. The molecular weight excluding hydrogens is 268 g/mol. The van der Waals surface area contributed by atoms with Gasteiger partial charge in [-0.25, -0.2) is 0 Å². The van der Waals surface area contributed by atoms with Crippen molar-refractivity contribution in [3.63, 3.8) is 0 Å². The van der Waals surface area contributed by atoms with Crippen LogP contribution in [0.25, 0.3) is 0 Å². The Morgan fingerprint density at radius 1 is 1.38 bits per heavy atom. The topological polar surface area (TPSA) is 55.9 Å². The quantitative estimate of drug-likeness (QED) is 0.832. The summed E-state index contributed by atoms with van der Waals surface area (Å²) in [7, 11) is 1.89. The Balaban J connectivity index is 2.30. The van der Waals surface area contributed by atoms with Crippen molar-refractivity contribution in [2.75, 3.05) is 11.1 Å². The molecular formula is C11H13BrN4. The van der Waals surface area contributed by atoms with Crippen molar-refractivity contribution in [1.29, 1.82) is 0 Å². The molecule has 84 valence electrons. The number of halogens is 1. The number of nitrogen functional groups attached to an aromatic ring is 1. The van der Waals surface area contributed by atoms with Crippen molar-refractivity contribution >= 4 is 33.0 Å². The lowest BCUT2D eigenvalue weighted by Crippen LogP contribution is -1.96. The monoisotopic (exact) mass is 280 g/mol. The first-order valence-electron chi connectivity index (χ1n) is 4.88. The largest absolute Gasteiger partial charge is 0.397 e. The van der Waals surface area contributed by atoms with Gasteiger partial charge in [0, 0.05) is 17.7 Å². The van der Waals surface area contributed by atoms with Crippen LogP contribution in [0.5, 0.6) is 0 Å². The van der Waals surface area contributed by atoms with E-state index in [-0.39, 0.29) is 0 Å². The number of anilines is 3. The van der Waals surface area contributed by atoms with Crippen LogP contribution in [-0.4, -0.2) is 9.78 Å². The van der Waals surface area contributed by atoms with Crippen molar-refractivity contribution in [3.8, 4) is 0 Å². The minimum absolute atomic E-state index is 0.706. The van der Waals surface area contributed by atoms with Crippen LogP contribution in [0, 0.1) is 6.92 Å². The fourth-order valence-corrected chi connectivity index (χ4v) is 1.89. The molecule has 0 saturated heterocycles. The first kappa shape index (κ1) is 11.0. The molecule has 0 fully saturated rings. The van der Waals surface area contributed by atoms with Crippen LogP contribution in [0.3, 0.4) is 0 Å². The van der Waals surface area contributed by atoms with Crippen LogP contribution < -0.4 is 11.1 Å². The third-order valence-corrected chi connectivity index (χ3v) is 2.79. The summed E-state index contributed by atoms with van der Waals surface area (Å²) in [6.45, 7) is 1.96. The van der Waals surface area contributed by atoms with E-state index >= 15 is 0 Å². The molecule has 0 atom stereocenters. The third kappa shape index (κ3) is 2.19. The minimum atomic E-state index is 0.706. The number of nitrogens with two attached hydrogens (primary N) is 1. The van der Waals surface area contributed by atoms with Crippen molar-refractivity contribution in [2.24, 2.45) is 7.05 Å². The summed E-state index contributed by atoms with van der Waals surface area (Å²) in [6, 6.07) is 5.75. The summed E-state index contributed by atoms with van der Waals surface area (Å²) in [6.07, 6.45) is 1.93. The summed E-state index contributed by atoms with van der Waals surface area (Å²) >= 11 is 3.38. The lowest BCUT2D eigenvalue weighted by atomic mass is 10.2. The number of aromatic nitrogens is 2. The molecule has 0 aliphatic heterocycles. The van der Waals surface area contributed by atoms with Gasteiger partial charge in [-0.05, 0) is 25.1 Å². The van der Waals surface area contributed by atoms with Crippen molar-refractivity contribution < 1.29 is 0 Å². The second-order valence-electron chi connectivity index (χ2n) is 3.66. The van der Waals surface area contributed by atoms with E-state index in [0.29, 0.717) is 5.69 Å². The number of aryl methyl sites for hydroxylation is 2. The predicted molar refractivity (Wildman–Crippen MR) is 69.8 cm³/mol. The molecule has 0 unspecified atom stereocenters. The molecule has 1 heterocycles. The van der Waals surface area contributed by atoms with Gasteiger partial charge in [0.1, 0.15) is 0 Å². The van der Waals surface area contributed by atoms with E-state index in [4.69, 9.17) is 5.73 Å². The minimum Gasteiger partial charge on any atom is -0.397 e. The second-order valence-corrected chi connectivity index (χ2v) is 4.57. The zero-order chi connectivity index (χ0) is 11.7. The number of benzene rings is 1. The highest BCUT2D eigenvalue weighted by atomic mass is 79.9. The van der Waals surface area contributed by atoms with Gasteiger partial charge in [0.2, 0.25) is 0 Å². The molecule has 16 heavy (non-hydrogen) atoms. The van der Waals surface area contributed by atoms with Gasteiger partial charge < -0.3 is 11.1 Å². The molecule has 1 aromatic heterocycles. The van der Waals surface area contributed by atoms with E-state index < -0.39 is 0 Å². The highest BCUT2D eigenvalue weighted by Crippen LogP contribution is 2.27. The summed E-state index contributed by atoms with van der Waals surface area (Å²) in [5.41, 5.74) is 9.42. The van der Waals surface area contributed by atoms with Crippen LogP contribution in [0.2, 0.25) is 0 Å². The molecule has 0 spiro atoms. The van der Waals surface area contributed by atoms with Gasteiger partial charge in [-0.15, -0.1) is 0 Å². The Morgan fingerprint density at radius 3 is 2.69 bits per heavy atom. The van der Waals surface area contributed by atoms with E-state index in [1.165, 1.54) is 0 Å². The molecule has 5 heteroatoms. The molecule has 2 rings (SSSR count). The third-order valence-electron chi connectivity index (χ3n) is 2.30. The lowest BCUT2D eigenvalue weighted by Gasteiger charge is -2.08. The standard InChI is InChI=1S/C11H13BrN4/c1-7-11(6-16(2)15-7)14-10-4-3-8(12)5-9(10)13/h3-6,14H,13H2,1-2H3. The molecule has 3 N–H and O–H groups in total. The molecule has 2 aromatic rings. The average Bonchev–Trinajstić information content (AvgIpc) is 2.50. The molecule has 0 aliphatic carbocycles. The van der Waals surface area contributed by atoms with Gasteiger partial charge in [-0.1, -0.05) is 15.9 Å². The second kappa shape index (κ2) is 4.17. The maximum absolute atomic E-state index is 5.91. The lowest BCUT2D eigenvalue weighted by molar-refractivity contribution is 0.756. The number of hydrogen-bond acceptors (Lipinski definition) is 3. The fraction of sp³-hybridized carbons (Fsp3) is 0.182. The highest BCUT2D eigenvalue weighted by molar-refractivity contribution is 9.10. The van der Waals surface area contributed by atoms with E-state index in [9.17, 15) is 0 Å². The van der Waals surface area contributed by atoms with Crippen LogP contribution in [0.15, 0.2) is 28.9 Å². The van der Waals surface area contributed by atoms with Crippen LogP contribution >= 0.6 is 15.9 Å². The summed E-state index contributed by atoms with van der Waals surface area (Å²) in [4.78, 5) is 0. The SMILES string of the molecule is Cc1nn(C)cc1Nc1ccc(Br)cc1N. The Hall–Kier alpha value is -1.49. The zero-order valence-corrected chi connectivity index (χ0v) is 10.7. The maximum atomic E-state index is 5.91. The van der Waals surface area contributed by atoms with Crippen molar-refractivity contribution in [3.05, 3.63) is 34.6 Å². The van der Waals surface area contributed by atoms with Crippen molar-refractivity contribution in [2.45, 2.75) is 6.92 Å². The molecule has 0 saturated carbocycles. The van der Waals surface area contributed by atoms with Crippen LogP contribution in [0.1, 0.15) is 5.69 Å². The van der Waals surface area contributed by atoms with Gasteiger partial charge in [0.15, 0.2) is 0 Å². The number of nitrogens with one attached hydrogen (secondary N) is 1. The summed E-state index contributed by atoms with van der Waals surface area (Å²) < 4.78 is 2.74. The van der Waals surface area contributed by atoms with E-state index in [0.717, 1.165) is 21.5 Å². The number of rotatable bonds is 2. The smallest absolute Gasteiger partial charge is 0.0828 e. The Kier molecular flexibility index (Phi) is 2.87. The Labute approximate surface area is 103 Å². The van der Waals surface area contributed by atoms with Crippen molar-refractivity contribution in [1.82, 2.24) is 9.78 Å². The van der Waals surface area contributed by atoms with E-state index in [1.807, 2.05) is 38.4 Å². The maximum Gasteiger partial charge on any atom is 0.0828 e. The van der Waals surface area contributed by atoms with Gasteiger partial charge in [-0.3, -0.25) is 4.68 Å². The molecule has 0 bridgehead atoms. The number of hydrogen-bond donors (Lipinski definition) is 2. The normalized spacial score (nSPS) is 10.4. The predicted octanol–water partition coefficient (Wildman–Crippen LogP) is 2.82. The van der Waals surface area contributed by atoms with Crippen LogP contribution in [0.4, 0.5) is 17.1 Å². The zero-order valence-electron chi connectivity index (χ0n) is 9.16. The van der Waals surface area contributed by atoms with Gasteiger partial charge in [0.25, 0.3) is 0 Å². The van der Waals surface area contributed by atoms with E-state index in [1.54, 1.807) is 4.68 Å². The summed E-state index contributed by atoms with van der Waals surface area (Å²) in [5, 5.41) is 7.52. The molecule has 0 amide bonds. The number of nitrogens with zero attached hydrogens (tertiary/aromatic N) is 2. The highest BCUT2D eigenvalue weighted by Gasteiger charge is 2.05. The van der Waals surface area contributed by atoms with Crippen LogP contribution in [-0.2, 0) is 7.05 Å². The first-order valence-corrected chi connectivity index (χ1v) is 5.68. The van der Waals surface area contributed by atoms with Gasteiger partial charge >= 0.3 is 0 Å². The molecule has 0 aliphatic rings. The van der Waals surface area contributed by atoms with Gasteiger partial charge in [-0.2, -0.15) is 5.10 Å². The fourth-order valence-electron chi connectivity index (χ4n) is 1.51. The summed E-state index contributed by atoms with van der Waals surface area (Å²) in [5.74, 6) is 0. The Morgan fingerprint density at radius 2 is 2.12 bits per heavy atom. The molecule has 0 radical (unpaired) electrons. The molecule has 4 nitrogen and oxygen atoms in total. The van der Waals surface area contributed by atoms with E-state index in [2.05, 4.69) is 26.3 Å². The Bertz CT molecular complexity index is 519.